The van der Waals surface area contributed by atoms with Crippen LogP contribution in [-0.2, 0) is 14.6 Å². The number of amides is 1. The third kappa shape index (κ3) is 2.86. The average Bonchev–Trinajstić information content (AvgIpc) is 3.18. The molecule has 1 aliphatic heterocycles. The number of rotatable bonds is 4. The van der Waals surface area contributed by atoms with Crippen LogP contribution in [0, 0.1) is 0 Å². The van der Waals surface area contributed by atoms with Gasteiger partial charge >= 0.3 is 0 Å². The van der Waals surface area contributed by atoms with Crippen LogP contribution in [0.3, 0.4) is 0 Å². The van der Waals surface area contributed by atoms with Gasteiger partial charge in [0.2, 0.25) is 11.7 Å². The smallest absolute Gasteiger partial charge is 0.231 e. The minimum Gasteiger partial charge on any atom is -0.352 e. The van der Waals surface area contributed by atoms with Crippen LogP contribution >= 0.6 is 11.8 Å². The zero-order valence-corrected chi connectivity index (χ0v) is 14.2. The first kappa shape index (κ1) is 15.5. The normalized spacial score (nSPS) is 19.9. The molecule has 4 rings (SSSR count). The van der Waals surface area contributed by atoms with Crippen LogP contribution in [0.25, 0.3) is 16.8 Å². The highest BCUT2D eigenvalue weighted by atomic mass is 32.2. The second kappa shape index (κ2) is 5.78. The van der Waals surface area contributed by atoms with E-state index in [4.69, 9.17) is 0 Å². The molecule has 24 heavy (non-hydrogen) atoms. The van der Waals surface area contributed by atoms with E-state index >= 15 is 0 Å². The van der Waals surface area contributed by atoms with Crippen LogP contribution in [-0.4, -0.2) is 57.2 Å². The molecule has 1 unspecified atom stereocenters. The highest BCUT2D eigenvalue weighted by molar-refractivity contribution is 7.99. The number of nitrogens with zero attached hydrogens (tertiary/aromatic N) is 3. The highest BCUT2D eigenvalue weighted by Gasteiger charge is 2.28. The van der Waals surface area contributed by atoms with Gasteiger partial charge in [-0.25, -0.2) is 18.5 Å². The Balaban J connectivity index is 1.46. The summed E-state index contributed by atoms with van der Waals surface area (Å²) in [6.07, 6.45) is 0.484. The second-order valence-corrected chi connectivity index (χ2v) is 8.89. The zero-order valence-electron chi connectivity index (χ0n) is 12.6. The van der Waals surface area contributed by atoms with E-state index in [0.29, 0.717) is 17.4 Å². The summed E-state index contributed by atoms with van der Waals surface area (Å²) in [5.41, 5.74) is 1.78. The fourth-order valence-corrected chi connectivity index (χ4v) is 5.29. The number of carbonyl (C=O) groups is 1. The predicted molar refractivity (Wildman–Crippen MR) is 90.8 cm³/mol. The Morgan fingerprint density at radius 1 is 1.42 bits per heavy atom. The van der Waals surface area contributed by atoms with Crippen LogP contribution < -0.4 is 5.32 Å². The summed E-state index contributed by atoms with van der Waals surface area (Å²) in [5.74, 6) is 0.779. The van der Waals surface area contributed by atoms with Crippen molar-refractivity contribution in [1.82, 2.24) is 24.9 Å². The van der Waals surface area contributed by atoms with Gasteiger partial charge < -0.3 is 5.32 Å². The molecule has 0 aliphatic carbocycles. The van der Waals surface area contributed by atoms with Gasteiger partial charge in [0.15, 0.2) is 15.0 Å². The van der Waals surface area contributed by atoms with Crippen molar-refractivity contribution in [2.45, 2.75) is 17.6 Å². The Kier molecular flexibility index (Phi) is 3.72. The number of benzene rings is 1. The van der Waals surface area contributed by atoms with Gasteiger partial charge in [-0.3, -0.25) is 9.20 Å². The van der Waals surface area contributed by atoms with Crippen molar-refractivity contribution in [2.24, 2.45) is 0 Å². The summed E-state index contributed by atoms with van der Waals surface area (Å²) in [6, 6.07) is 7.41. The van der Waals surface area contributed by atoms with Crippen molar-refractivity contribution >= 4 is 44.3 Å². The van der Waals surface area contributed by atoms with E-state index in [0.717, 1.165) is 11.0 Å². The molecule has 2 N–H and O–H groups in total. The first-order valence-electron chi connectivity index (χ1n) is 7.46. The lowest BCUT2D eigenvalue weighted by Crippen LogP contribution is -2.36. The quantitative estimate of drug-likeness (QED) is 0.656. The number of para-hydroxylation sites is 2. The maximum atomic E-state index is 12.1. The first-order valence-corrected chi connectivity index (χ1v) is 10.3. The van der Waals surface area contributed by atoms with E-state index in [9.17, 15) is 13.2 Å². The van der Waals surface area contributed by atoms with Gasteiger partial charge in [0, 0.05) is 6.04 Å². The largest absolute Gasteiger partial charge is 0.352 e. The molecule has 1 fully saturated rings. The molecule has 10 heteroatoms. The predicted octanol–water partition coefficient (Wildman–Crippen LogP) is 0.606. The lowest BCUT2D eigenvalue weighted by Gasteiger charge is -2.09. The van der Waals surface area contributed by atoms with Gasteiger partial charge in [-0.05, 0) is 18.6 Å². The molecule has 0 radical (unpaired) electrons. The molecule has 1 aliphatic rings. The molecule has 8 nitrogen and oxygen atoms in total. The Morgan fingerprint density at radius 3 is 3.04 bits per heavy atom. The number of fused-ring (bicyclic) bond motifs is 3. The van der Waals surface area contributed by atoms with Gasteiger partial charge in [-0.2, -0.15) is 0 Å². The summed E-state index contributed by atoms with van der Waals surface area (Å²) >= 11 is 1.29. The number of carbonyl (C=O) groups excluding carboxylic acids is 1. The number of aromatic amines is 1. The van der Waals surface area contributed by atoms with E-state index in [2.05, 4.69) is 20.5 Å². The molecule has 126 valence electrons. The van der Waals surface area contributed by atoms with Crippen LogP contribution in [0.5, 0.6) is 0 Å². The number of nitrogens with one attached hydrogen (secondary N) is 2. The van der Waals surface area contributed by atoms with Crippen molar-refractivity contribution in [3.63, 3.8) is 0 Å². The number of hydrogen-bond donors (Lipinski definition) is 2. The molecule has 2 aromatic heterocycles. The van der Waals surface area contributed by atoms with Crippen LogP contribution in [0.4, 0.5) is 0 Å². The van der Waals surface area contributed by atoms with E-state index < -0.39 is 9.84 Å². The molecular weight excluding hydrogens is 350 g/mol. The lowest BCUT2D eigenvalue weighted by molar-refractivity contribution is -0.119. The van der Waals surface area contributed by atoms with E-state index in [-0.39, 0.29) is 29.2 Å². The van der Waals surface area contributed by atoms with E-state index in [1.165, 1.54) is 11.8 Å². The maximum Gasteiger partial charge on any atom is 0.231 e. The van der Waals surface area contributed by atoms with Crippen molar-refractivity contribution in [1.29, 1.82) is 0 Å². The van der Waals surface area contributed by atoms with E-state index in [1.807, 2.05) is 28.7 Å². The Labute approximate surface area is 141 Å². The summed E-state index contributed by atoms with van der Waals surface area (Å²) in [6.45, 7) is 0. The third-order valence-electron chi connectivity index (χ3n) is 3.93. The van der Waals surface area contributed by atoms with Crippen molar-refractivity contribution in [2.75, 3.05) is 17.3 Å². The number of hydrogen-bond acceptors (Lipinski definition) is 6. The minimum absolute atomic E-state index is 0.0300. The number of sulfone groups is 1. The van der Waals surface area contributed by atoms with Crippen LogP contribution in [0.2, 0.25) is 0 Å². The SMILES string of the molecule is O=C(CSc1n[nH]c2nc3ccccc3n12)NC1CCS(=O)(=O)C1. The Bertz CT molecular complexity index is 1020. The summed E-state index contributed by atoms with van der Waals surface area (Å²) < 4.78 is 24.7. The minimum atomic E-state index is -3.00. The molecule has 1 atom stereocenters. The molecule has 0 bridgehead atoms. The maximum absolute atomic E-state index is 12.1. The monoisotopic (exact) mass is 365 g/mol. The fraction of sp³-hybridized carbons (Fsp3) is 0.357. The molecule has 1 saturated heterocycles. The average molecular weight is 365 g/mol. The van der Waals surface area contributed by atoms with Crippen LogP contribution in [0.1, 0.15) is 6.42 Å². The Hall–Kier alpha value is -2.07. The summed E-state index contributed by atoms with van der Waals surface area (Å²) in [7, 11) is -3.00. The second-order valence-electron chi connectivity index (χ2n) is 5.72. The number of thioether (sulfide) groups is 1. The molecule has 3 aromatic rings. The number of imidazole rings is 1. The number of aromatic nitrogens is 4. The van der Waals surface area contributed by atoms with Crippen molar-refractivity contribution in [3.05, 3.63) is 24.3 Å². The Morgan fingerprint density at radius 2 is 2.25 bits per heavy atom. The molecule has 3 heterocycles. The van der Waals surface area contributed by atoms with Gasteiger partial charge in [0.1, 0.15) is 0 Å². The molecule has 1 amide bonds. The van der Waals surface area contributed by atoms with Crippen molar-refractivity contribution < 1.29 is 13.2 Å². The van der Waals surface area contributed by atoms with E-state index in [1.54, 1.807) is 0 Å². The van der Waals surface area contributed by atoms with Gasteiger partial charge in [0.05, 0.1) is 28.3 Å². The van der Waals surface area contributed by atoms with Crippen LogP contribution in [0.15, 0.2) is 29.4 Å². The van der Waals surface area contributed by atoms with Gasteiger partial charge in [-0.15, -0.1) is 5.10 Å². The molecule has 1 aromatic carbocycles. The highest BCUT2D eigenvalue weighted by Crippen LogP contribution is 2.22. The fourth-order valence-electron chi connectivity index (χ4n) is 2.85. The topological polar surface area (TPSA) is 109 Å². The molecule has 0 spiro atoms. The van der Waals surface area contributed by atoms with Crippen molar-refractivity contribution in [3.8, 4) is 0 Å². The lowest BCUT2D eigenvalue weighted by atomic mass is 10.3. The molecule has 0 saturated carbocycles. The first-order chi connectivity index (χ1) is 11.5. The van der Waals surface area contributed by atoms with Gasteiger partial charge in [-0.1, -0.05) is 23.9 Å². The summed E-state index contributed by atoms with van der Waals surface area (Å²) in [5, 5.41) is 10.5. The zero-order chi connectivity index (χ0) is 16.7. The molecular formula is C14H15N5O3S2. The summed E-state index contributed by atoms with van der Waals surface area (Å²) in [4.78, 5) is 16.5. The third-order valence-corrected chi connectivity index (χ3v) is 6.64. The number of H-pyrrole nitrogens is 1. The standard InChI is InChI=1S/C14H15N5O3S2/c20-12(15-9-5-6-24(21,22)8-9)7-23-14-18-17-13-16-10-3-1-2-4-11(10)19(13)14/h1-4,9H,5-8H2,(H,15,20)(H,16,17). The van der Waals surface area contributed by atoms with Gasteiger partial charge in [0.25, 0.3) is 0 Å².